The Kier molecular flexibility index (Phi) is 2.78. The van der Waals surface area contributed by atoms with Gasteiger partial charge in [-0.2, -0.15) is 0 Å². The Labute approximate surface area is 96.4 Å². The fourth-order valence-electron chi connectivity index (χ4n) is 2.18. The first-order valence-electron chi connectivity index (χ1n) is 5.32. The lowest BCUT2D eigenvalue weighted by atomic mass is 9.77. The number of hydrogen-bond donors (Lipinski definition) is 0. The number of rotatable bonds is 2. The summed E-state index contributed by atoms with van der Waals surface area (Å²) in [5, 5.41) is 0. The van der Waals surface area contributed by atoms with Crippen molar-refractivity contribution in [2.75, 3.05) is 19.1 Å². The zero-order chi connectivity index (χ0) is 11.1. The van der Waals surface area contributed by atoms with Crippen molar-refractivity contribution in [1.29, 1.82) is 0 Å². The van der Waals surface area contributed by atoms with E-state index in [0.29, 0.717) is 5.88 Å². The number of benzene rings is 1. The van der Waals surface area contributed by atoms with Gasteiger partial charge in [0.05, 0.1) is 18.6 Å². The third-order valence-electron chi connectivity index (χ3n) is 3.64. The minimum absolute atomic E-state index is 0.0735. The van der Waals surface area contributed by atoms with Crippen molar-refractivity contribution >= 4 is 11.6 Å². The Balaban J connectivity index is 2.49. The highest BCUT2D eigenvalue weighted by atomic mass is 35.5. The van der Waals surface area contributed by atoms with Crippen LogP contribution in [0.5, 0.6) is 0 Å². The first kappa shape index (κ1) is 11.0. The summed E-state index contributed by atoms with van der Waals surface area (Å²) in [6.07, 6.45) is 0. The average Bonchev–Trinajstić information content (AvgIpc) is 2.17. The Morgan fingerprint density at radius 1 is 1.20 bits per heavy atom. The van der Waals surface area contributed by atoms with Crippen LogP contribution in [0.25, 0.3) is 0 Å². The van der Waals surface area contributed by atoms with E-state index in [2.05, 4.69) is 32.9 Å². The van der Waals surface area contributed by atoms with E-state index < -0.39 is 0 Å². The molecule has 0 spiro atoms. The van der Waals surface area contributed by atoms with Crippen LogP contribution in [-0.4, -0.2) is 19.1 Å². The molecule has 1 saturated heterocycles. The normalized spacial score (nSPS) is 18.7. The summed E-state index contributed by atoms with van der Waals surface area (Å²) in [7, 11) is 0. The standard InChI is InChI=1S/C13H17ClO/c1-9-4-5-12(11(3)10(9)2)13(6-14)7-15-8-13/h4-5H,6-8H2,1-3H3. The van der Waals surface area contributed by atoms with Crippen LogP contribution < -0.4 is 0 Å². The molecule has 82 valence electrons. The summed E-state index contributed by atoms with van der Waals surface area (Å²) in [5.41, 5.74) is 5.54. The van der Waals surface area contributed by atoms with Crippen LogP contribution in [0.1, 0.15) is 22.3 Å². The minimum Gasteiger partial charge on any atom is -0.379 e. The highest BCUT2D eigenvalue weighted by Crippen LogP contribution is 2.36. The summed E-state index contributed by atoms with van der Waals surface area (Å²) in [6, 6.07) is 4.40. The van der Waals surface area contributed by atoms with Crippen molar-refractivity contribution in [2.45, 2.75) is 26.2 Å². The molecule has 1 nitrogen and oxygen atoms in total. The van der Waals surface area contributed by atoms with Crippen LogP contribution >= 0.6 is 11.6 Å². The van der Waals surface area contributed by atoms with Crippen LogP contribution in [0.4, 0.5) is 0 Å². The average molecular weight is 225 g/mol. The van der Waals surface area contributed by atoms with Crippen LogP contribution in [0.15, 0.2) is 12.1 Å². The maximum atomic E-state index is 6.08. The van der Waals surface area contributed by atoms with E-state index in [9.17, 15) is 0 Å². The van der Waals surface area contributed by atoms with E-state index in [1.165, 1.54) is 22.3 Å². The molecule has 2 rings (SSSR count). The second-order valence-electron chi connectivity index (χ2n) is 4.59. The van der Waals surface area contributed by atoms with Crippen molar-refractivity contribution in [3.05, 3.63) is 34.4 Å². The van der Waals surface area contributed by atoms with Crippen LogP contribution in [-0.2, 0) is 10.2 Å². The van der Waals surface area contributed by atoms with E-state index in [-0.39, 0.29) is 5.41 Å². The van der Waals surface area contributed by atoms with Gasteiger partial charge >= 0.3 is 0 Å². The first-order valence-corrected chi connectivity index (χ1v) is 5.85. The zero-order valence-electron chi connectivity index (χ0n) is 9.56. The van der Waals surface area contributed by atoms with Gasteiger partial charge in [-0.1, -0.05) is 12.1 Å². The van der Waals surface area contributed by atoms with E-state index >= 15 is 0 Å². The van der Waals surface area contributed by atoms with Crippen molar-refractivity contribution in [1.82, 2.24) is 0 Å². The van der Waals surface area contributed by atoms with Gasteiger partial charge in [0.1, 0.15) is 0 Å². The van der Waals surface area contributed by atoms with Gasteiger partial charge in [0.2, 0.25) is 0 Å². The van der Waals surface area contributed by atoms with Crippen LogP contribution in [0.3, 0.4) is 0 Å². The predicted octanol–water partition coefficient (Wildman–Crippen LogP) is 3.12. The highest BCUT2D eigenvalue weighted by Gasteiger charge is 2.40. The number of aryl methyl sites for hydroxylation is 1. The SMILES string of the molecule is Cc1ccc(C2(CCl)COC2)c(C)c1C. The van der Waals surface area contributed by atoms with Gasteiger partial charge in [0.25, 0.3) is 0 Å². The lowest BCUT2D eigenvalue weighted by Crippen LogP contribution is -2.48. The highest BCUT2D eigenvalue weighted by molar-refractivity contribution is 6.18. The summed E-state index contributed by atoms with van der Waals surface area (Å²) in [6.45, 7) is 8.04. The summed E-state index contributed by atoms with van der Waals surface area (Å²) in [5.74, 6) is 0.649. The van der Waals surface area contributed by atoms with Crippen LogP contribution in [0.2, 0.25) is 0 Å². The molecule has 2 heteroatoms. The molecule has 0 radical (unpaired) electrons. The fourth-order valence-corrected chi connectivity index (χ4v) is 2.48. The van der Waals surface area contributed by atoms with Gasteiger partial charge in [-0.05, 0) is 43.0 Å². The fraction of sp³-hybridized carbons (Fsp3) is 0.538. The van der Waals surface area contributed by atoms with Crippen molar-refractivity contribution in [3.8, 4) is 0 Å². The molecular formula is C13H17ClO. The lowest BCUT2D eigenvalue weighted by molar-refractivity contribution is -0.0483. The third-order valence-corrected chi connectivity index (χ3v) is 4.15. The first-order chi connectivity index (χ1) is 7.10. The molecule has 0 N–H and O–H groups in total. The van der Waals surface area contributed by atoms with Crippen molar-refractivity contribution in [2.24, 2.45) is 0 Å². The van der Waals surface area contributed by atoms with Gasteiger partial charge in [0.15, 0.2) is 0 Å². The maximum absolute atomic E-state index is 6.08. The molecule has 1 aromatic rings. The molecule has 0 bridgehead atoms. The molecule has 1 heterocycles. The van der Waals surface area contributed by atoms with Gasteiger partial charge in [-0.15, -0.1) is 11.6 Å². The number of ether oxygens (including phenoxy) is 1. The predicted molar refractivity (Wildman–Crippen MR) is 63.9 cm³/mol. The van der Waals surface area contributed by atoms with Gasteiger partial charge in [0, 0.05) is 5.88 Å². The van der Waals surface area contributed by atoms with Crippen molar-refractivity contribution in [3.63, 3.8) is 0 Å². The van der Waals surface area contributed by atoms with Gasteiger partial charge in [-0.3, -0.25) is 0 Å². The Bertz CT molecular complexity index is 375. The quantitative estimate of drug-likeness (QED) is 0.702. The van der Waals surface area contributed by atoms with Crippen molar-refractivity contribution < 1.29 is 4.74 Å². The monoisotopic (exact) mass is 224 g/mol. The van der Waals surface area contributed by atoms with E-state index in [1.54, 1.807) is 0 Å². The van der Waals surface area contributed by atoms with Crippen LogP contribution in [0, 0.1) is 20.8 Å². The van der Waals surface area contributed by atoms with Gasteiger partial charge in [-0.25, -0.2) is 0 Å². The molecule has 1 fully saturated rings. The summed E-state index contributed by atoms with van der Waals surface area (Å²) in [4.78, 5) is 0. The smallest absolute Gasteiger partial charge is 0.0597 e. The lowest BCUT2D eigenvalue weighted by Gasteiger charge is -2.41. The molecular weight excluding hydrogens is 208 g/mol. The number of hydrogen-bond acceptors (Lipinski definition) is 1. The molecule has 0 unspecified atom stereocenters. The van der Waals surface area contributed by atoms with Gasteiger partial charge < -0.3 is 4.74 Å². The molecule has 15 heavy (non-hydrogen) atoms. The zero-order valence-corrected chi connectivity index (χ0v) is 10.3. The second-order valence-corrected chi connectivity index (χ2v) is 4.85. The molecule has 0 amide bonds. The molecule has 1 aliphatic rings. The topological polar surface area (TPSA) is 9.23 Å². The third kappa shape index (κ3) is 1.58. The van der Waals surface area contributed by atoms with E-state index in [1.807, 2.05) is 0 Å². The maximum Gasteiger partial charge on any atom is 0.0597 e. The minimum atomic E-state index is 0.0735. The number of alkyl halides is 1. The molecule has 0 aromatic heterocycles. The van der Waals surface area contributed by atoms with E-state index in [0.717, 1.165) is 13.2 Å². The largest absolute Gasteiger partial charge is 0.379 e. The Morgan fingerprint density at radius 3 is 2.33 bits per heavy atom. The summed E-state index contributed by atoms with van der Waals surface area (Å²) >= 11 is 6.08. The molecule has 1 aliphatic heterocycles. The molecule has 0 aliphatic carbocycles. The molecule has 1 aromatic carbocycles. The molecule has 0 saturated carbocycles. The van der Waals surface area contributed by atoms with E-state index in [4.69, 9.17) is 16.3 Å². The Hall–Kier alpha value is -0.530. The summed E-state index contributed by atoms with van der Waals surface area (Å²) < 4.78 is 5.32. The second kappa shape index (κ2) is 3.80. The number of halogens is 1. The molecule has 0 atom stereocenters. The Morgan fingerprint density at radius 2 is 1.87 bits per heavy atom.